The molecule has 0 fully saturated rings. The Morgan fingerprint density at radius 3 is 1.32 bits per heavy atom. The van der Waals surface area contributed by atoms with Crippen LogP contribution in [0.15, 0.2) is 72.8 Å². The van der Waals surface area contributed by atoms with Crippen LogP contribution in [0.25, 0.3) is 39.0 Å². The molecule has 0 aliphatic carbocycles. The minimum Gasteiger partial charge on any atom is -0.456 e. The van der Waals surface area contributed by atoms with Gasteiger partial charge >= 0.3 is 11.9 Å². The van der Waals surface area contributed by atoms with Gasteiger partial charge in [0.15, 0.2) is 0 Å². The first kappa shape index (κ1) is 29.2. The number of carbonyl (C=O) groups excluding carboxylic acids is 2. The Kier molecular flexibility index (Phi) is 7.79. The molecular weight excluding hydrogens is 625 g/mol. The van der Waals surface area contributed by atoms with Crippen LogP contribution in [0.5, 0.6) is 0 Å². The Labute approximate surface area is 271 Å². The maximum absolute atomic E-state index is 12.0. The van der Waals surface area contributed by atoms with E-state index in [4.69, 9.17) is 9.47 Å². The van der Waals surface area contributed by atoms with E-state index in [9.17, 15) is 9.59 Å². The van der Waals surface area contributed by atoms with Gasteiger partial charge in [-0.2, -0.15) is 0 Å². The molecule has 8 heteroatoms. The van der Waals surface area contributed by atoms with Crippen molar-refractivity contribution in [3.8, 4) is 0 Å². The molecule has 4 heterocycles. The van der Waals surface area contributed by atoms with Gasteiger partial charge in [-0.1, -0.05) is 59.7 Å². The van der Waals surface area contributed by atoms with E-state index in [1.807, 2.05) is 0 Å². The number of benzene rings is 3. The van der Waals surface area contributed by atoms with Crippen molar-refractivity contribution in [1.29, 1.82) is 0 Å². The summed E-state index contributed by atoms with van der Waals surface area (Å²) >= 11 is 7.03. The Morgan fingerprint density at radius 1 is 0.568 bits per heavy atom. The van der Waals surface area contributed by atoms with Crippen molar-refractivity contribution < 1.29 is 19.1 Å². The quantitative estimate of drug-likeness (QED) is 0.153. The first-order valence-electron chi connectivity index (χ1n) is 14.5. The Balaban J connectivity index is 1.23. The smallest absolute Gasteiger partial charge is 0.303 e. The number of carbonyl (C=O) groups is 2. The molecule has 222 valence electrons. The molecule has 0 N–H and O–H groups in total. The van der Waals surface area contributed by atoms with Gasteiger partial charge in [0.05, 0.1) is 9.40 Å². The van der Waals surface area contributed by atoms with Gasteiger partial charge in [0.2, 0.25) is 0 Å². The molecule has 0 bridgehead atoms. The Hall–Kier alpha value is -3.56. The topological polar surface area (TPSA) is 52.6 Å². The second kappa shape index (κ2) is 11.7. The average molecular weight is 655 g/mol. The molecular formula is C36H30O4S4. The molecule has 44 heavy (non-hydrogen) atoms. The van der Waals surface area contributed by atoms with E-state index < -0.39 is 0 Å². The summed E-state index contributed by atoms with van der Waals surface area (Å²) in [7, 11) is 0. The molecule has 7 aromatic rings. The molecule has 0 radical (unpaired) electrons. The van der Waals surface area contributed by atoms with Crippen LogP contribution < -0.4 is 0 Å². The second-order valence-corrected chi connectivity index (χ2v) is 15.6. The van der Waals surface area contributed by atoms with Crippen molar-refractivity contribution in [2.45, 2.75) is 52.7 Å². The SMILES string of the molecule is CC(=O)OC(Cc1ccc(C)cc1)c1cc2sc3cc4c(cc3c2s1)sc1cc(C(Cc2ccc(C)cc2)OC(C)=O)sc14. The molecule has 0 aliphatic rings. The highest BCUT2D eigenvalue weighted by atomic mass is 32.1. The highest BCUT2D eigenvalue weighted by Crippen LogP contribution is 2.48. The maximum atomic E-state index is 12.0. The number of rotatable bonds is 8. The number of hydrogen-bond acceptors (Lipinski definition) is 8. The van der Waals surface area contributed by atoms with Gasteiger partial charge in [0.25, 0.3) is 0 Å². The van der Waals surface area contributed by atoms with Crippen LogP contribution in [0.2, 0.25) is 0 Å². The zero-order valence-electron chi connectivity index (χ0n) is 24.8. The number of thiophene rings is 4. The third kappa shape index (κ3) is 5.79. The van der Waals surface area contributed by atoms with Crippen molar-refractivity contribution in [2.24, 2.45) is 0 Å². The lowest BCUT2D eigenvalue weighted by atomic mass is 10.1. The van der Waals surface area contributed by atoms with Crippen LogP contribution in [-0.4, -0.2) is 11.9 Å². The molecule has 4 aromatic heterocycles. The monoisotopic (exact) mass is 654 g/mol. The lowest BCUT2D eigenvalue weighted by Gasteiger charge is -2.16. The van der Waals surface area contributed by atoms with Gasteiger partial charge in [-0.15, -0.1) is 45.3 Å². The fourth-order valence-electron chi connectivity index (χ4n) is 5.63. The molecule has 7 rings (SSSR count). The van der Waals surface area contributed by atoms with Gasteiger partial charge < -0.3 is 9.47 Å². The van der Waals surface area contributed by atoms with Gasteiger partial charge in [-0.3, -0.25) is 9.59 Å². The number of aryl methyl sites for hydroxylation is 2. The number of fused-ring (bicyclic) bond motifs is 6. The van der Waals surface area contributed by atoms with Crippen molar-refractivity contribution >= 4 is 96.3 Å². The summed E-state index contributed by atoms with van der Waals surface area (Å²) in [5, 5.41) is 2.49. The van der Waals surface area contributed by atoms with Crippen molar-refractivity contribution in [1.82, 2.24) is 0 Å². The zero-order chi connectivity index (χ0) is 30.5. The molecule has 0 aliphatic heterocycles. The third-order valence-corrected chi connectivity index (χ3v) is 12.8. The van der Waals surface area contributed by atoms with Gasteiger partial charge in [0.1, 0.15) is 12.2 Å². The van der Waals surface area contributed by atoms with E-state index >= 15 is 0 Å². The second-order valence-electron chi connectivity index (χ2n) is 11.3. The zero-order valence-corrected chi connectivity index (χ0v) is 28.0. The van der Waals surface area contributed by atoms with Crippen LogP contribution in [0.3, 0.4) is 0 Å². The van der Waals surface area contributed by atoms with Crippen molar-refractivity contribution in [3.63, 3.8) is 0 Å². The molecule has 4 nitrogen and oxygen atoms in total. The molecule has 0 spiro atoms. The van der Waals surface area contributed by atoms with Crippen LogP contribution in [-0.2, 0) is 31.9 Å². The summed E-state index contributed by atoms with van der Waals surface area (Å²) < 4.78 is 19.1. The summed E-state index contributed by atoms with van der Waals surface area (Å²) in [5.41, 5.74) is 4.72. The van der Waals surface area contributed by atoms with Crippen molar-refractivity contribution in [2.75, 3.05) is 0 Å². The van der Waals surface area contributed by atoms with E-state index in [1.165, 1.54) is 63.9 Å². The third-order valence-electron chi connectivity index (χ3n) is 7.78. The fourth-order valence-corrected chi connectivity index (χ4v) is 10.8. The lowest BCUT2D eigenvalue weighted by molar-refractivity contribution is -0.147. The largest absolute Gasteiger partial charge is 0.456 e. The lowest BCUT2D eigenvalue weighted by Crippen LogP contribution is -2.10. The highest BCUT2D eigenvalue weighted by molar-refractivity contribution is 7.34. The highest BCUT2D eigenvalue weighted by Gasteiger charge is 2.23. The maximum Gasteiger partial charge on any atom is 0.303 e. The summed E-state index contributed by atoms with van der Waals surface area (Å²) in [6, 6.07) is 25.9. The standard InChI is InChI=1S/C36H30O4S4/c1-19-5-9-23(10-6-19)13-27(39-21(3)37)31-17-33-35(43-31)25-15-30-26(16-29(25)41-33)36-34(42-30)18-32(44-36)28(40-22(4)38)14-24-11-7-20(2)8-12-24/h5-12,15-18,27-28H,13-14H2,1-4H3. The summed E-state index contributed by atoms with van der Waals surface area (Å²) in [5.74, 6) is -0.531. The fraction of sp³-hybridized carbons (Fsp3) is 0.222. The van der Waals surface area contributed by atoms with E-state index in [-0.39, 0.29) is 24.1 Å². The number of ether oxygens (including phenoxy) is 2. The molecule has 0 amide bonds. The predicted octanol–water partition coefficient (Wildman–Crippen LogP) is 10.9. The predicted molar refractivity (Wildman–Crippen MR) is 187 cm³/mol. The first-order chi connectivity index (χ1) is 21.2. The van der Waals surface area contributed by atoms with E-state index in [1.54, 1.807) is 45.3 Å². The Bertz CT molecular complexity index is 2000. The van der Waals surface area contributed by atoms with Crippen LogP contribution in [0.1, 0.15) is 58.1 Å². The summed E-state index contributed by atoms with van der Waals surface area (Å²) in [4.78, 5) is 26.2. The van der Waals surface area contributed by atoms with Crippen LogP contribution in [0, 0.1) is 13.8 Å². The molecule has 0 saturated carbocycles. The van der Waals surface area contributed by atoms with Crippen molar-refractivity contribution in [3.05, 3.63) is 105 Å². The molecule has 0 saturated heterocycles. The number of hydrogen-bond donors (Lipinski definition) is 0. The van der Waals surface area contributed by atoms with Gasteiger partial charge in [-0.05, 0) is 49.2 Å². The minimum absolute atomic E-state index is 0.265. The summed E-state index contributed by atoms with van der Waals surface area (Å²) in [6.07, 6.45) is 0.679. The van der Waals surface area contributed by atoms with Gasteiger partial charge in [0, 0.05) is 66.0 Å². The average Bonchev–Trinajstić information content (AvgIpc) is 3.73. The van der Waals surface area contributed by atoms with Crippen LogP contribution >= 0.6 is 45.3 Å². The Morgan fingerprint density at radius 2 is 0.955 bits per heavy atom. The minimum atomic E-state index is -0.311. The first-order valence-corrected chi connectivity index (χ1v) is 17.7. The van der Waals surface area contributed by atoms with E-state index in [0.717, 1.165) is 20.9 Å². The molecule has 2 unspecified atom stereocenters. The molecule has 3 aromatic carbocycles. The summed E-state index contributed by atoms with van der Waals surface area (Å²) in [6.45, 7) is 7.11. The van der Waals surface area contributed by atoms with E-state index in [0.29, 0.717) is 12.8 Å². The molecule has 2 atom stereocenters. The normalized spacial score (nSPS) is 13.2. The van der Waals surface area contributed by atoms with Gasteiger partial charge in [-0.25, -0.2) is 0 Å². The van der Waals surface area contributed by atoms with Crippen LogP contribution in [0.4, 0.5) is 0 Å². The number of esters is 2. The van der Waals surface area contributed by atoms with E-state index in [2.05, 4.69) is 86.6 Å².